The standard InChI is InChI=1S/C30H37FN2O4/c1-5-33(2)14-15-37-26-13-10-19(17-24(26)31)16-23-29(32)22(18-27(35-3)30(23)36-4)28-21-9-7-6-8-20(21)11-12-25(28)34/h10-13,17-18,34H,5-9,14-16,32H2,1-4H3. The first-order valence-electron chi connectivity index (χ1n) is 12.8. The fourth-order valence-electron chi connectivity index (χ4n) is 5.03. The molecule has 0 saturated carbocycles. The lowest BCUT2D eigenvalue weighted by Gasteiger charge is -2.24. The van der Waals surface area contributed by atoms with Crippen LogP contribution < -0.4 is 19.9 Å². The molecule has 0 saturated heterocycles. The van der Waals surface area contributed by atoms with Gasteiger partial charge in [-0.15, -0.1) is 0 Å². The number of fused-ring (bicyclic) bond motifs is 1. The zero-order valence-corrected chi connectivity index (χ0v) is 22.2. The number of hydrogen-bond donors (Lipinski definition) is 2. The summed E-state index contributed by atoms with van der Waals surface area (Å²) in [6, 6.07) is 10.5. The van der Waals surface area contributed by atoms with E-state index in [-0.39, 0.29) is 11.5 Å². The molecule has 0 bridgehead atoms. The van der Waals surface area contributed by atoms with Gasteiger partial charge in [-0.2, -0.15) is 0 Å². The second-order valence-corrected chi connectivity index (χ2v) is 9.54. The summed E-state index contributed by atoms with van der Waals surface area (Å²) in [6.45, 7) is 4.09. The number of phenolic OH excluding ortho intramolecular Hbond substituents is 1. The van der Waals surface area contributed by atoms with Gasteiger partial charge in [-0.3, -0.25) is 0 Å². The Balaban J connectivity index is 1.72. The van der Waals surface area contributed by atoms with Gasteiger partial charge in [0.1, 0.15) is 12.4 Å². The van der Waals surface area contributed by atoms with Crippen LogP contribution in [0.1, 0.15) is 42.0 Å². The summed E-state index contributed by atoms with van der Waals surface area (Å²) in [5.74, 6) is 0.991. The van der Waals surface area contributed by atoms with E-state index in [2.05, 4.69) is 11.8 Å². The Morgan fingerprint density at radius 1 is 1.03 bits per heavy atom. The number of nitrogen functional groups attached to an aromatic ring is 1. The van der Waals surface area contributed by atoms with Crippen molar-refractivity contribution in [2.24, 2.45) is 0 Å². The fraction of sp³-hybridized carbons (Fsp3) is 0.400. The highest BCUT2D eigenvalue weighted by Crippen LogP contribution is 2.47. The number of aromatic hydroxyl groups is 1. The van der Waals surface area contributed by atoms with Crippen LogP contribution in [0.2, 0.25) is 0 Å². The Kier molecular flexibility index (Phi) is 8.44. The average Bonchev–Trinajstić information content (AvgIpc) is 2.91. The van der Waals surface area contributed by atoms with E-state index in [4.69, 9.17) is 19.9 Å². The van der Waals surface area contributed by atoms with Gasteiger partial charge in [0.2, 0.25) is 0 Å². The van der Waals surface area contributed by atoms with Crippen molar-refractivity contribution in [3.63, 3.8) is 0 Å². The summed E-state index contributed by atoms with van der Waals surface area (Å²) in [6.07, 6.45) is 4.37. The summed E-state index contributed by atoms with van der Waals surface area (Å²) in [4.78, 5) is 2.10. The van der Waals surface area contributed by atoms with Crippen molar-refractivity contribution < 1.29 is 23.7 Å². The fourth-order valence-corrected chi connectivity index (χ4v) is 5.03. The maximum absolute atomic E-state index is 14.9. The predicted molar refractivity (Wildman–Crippen MR) is 146 cm³/mol. The van der Waals surface area contributed by atoms with Crippen LogP contribution >= 0.6 is 0 Å². The number of phenols is 1. The van der Waals surface area contributed by atoms with Gasteiger partial charge in [0.15, 0.2) is 23.1 Å². The van der Waals surface area contributed by atoms with Crippen LogP contribution in [0, 0.1) is 5.82 Å². The van der Waals surface area contributed by atoms with Gasteiger partial charge in [-0.1, -0.05) is 19.1 Å². The molecular formula is C30H37FN2O4. The SMILES string of the molecule is CCN(C)CCOc1ccc(Cc2c(N)c(-c3c(O)ccc4c3CCCC4)cc(OC)c2OC)cc1F. The van der Waals surface area contributed by atoms with Gasteiger partial charge >= 0.3 is 0 Å². The summed E-state index contributed by atoms with van der Waals surface area (Å²) in [7, 11) is 5.13. The van der Waals surface area contributed by atoms with Gasteiger partial charge in [-0.25, -0.2) is 4.39 Å². The number of hydrogen-bond acceptors (Lipinski definition) is 6. The van der Waals surface area contributed by atoms with Gasteiger partial charge < -0.3 is 30.0 Å². The third kappa shape index (κ3) is 5.62. The first kappa shape index (κ1) is 26.6. The molecular weight excluding hydrogens is 471 g/mol. The summed E-state index contributed by atoms with van der Waals surface area (Å²) in [5, 5.41) is 10.9. The molecule has 4 rings (SSSR count). The van der Waals surface area contributed by atoms with Crippen LogP contribution in [0.5, 0.6) is 23.0 Å². The molecule has 0 aliphatic heterocycles. The molecule has 1 aliphatic rings. The Bertz CT molecular complexity index is 1260. The van der Waals surface area contributed by atoms with Gasteiger partial charge in [0.25, 0.3) is 0 Å². The van der Waals surface area contributed by atoms with Crippen molar-refractivity contribution in [2.45, 2.75) is 39.0 Å². The van der Waals surface area contributed by atoms with E-state index in [1.165, 1.54) is 11.6 Å². The van der Waals surface area contributed by atoms with E-state index in [9.17, 15) is 9.50 Å². The number of methoxy groups -OCH3 is 2. The van der Waals surface area contributed by atoms with Crippen LogP contribution in [0.15, 0.2) is 36.4 Å². The first-order valence-corrected chi connectivity index (χ1v) is 12.8. The Morgan fingerprint density at radius 3 is 2.51 bits per heavy atom. The summed E-state index contributed by atoms with van der Waals surface area (Å²) in [5.41, 5.74) is 12.5. The molecule has 0 aromatic heterocycles. The number of aryl methyl sites for hydroxylation is 1. The maximum atomic E-state index is 14.9. The second kappa shape index (κ2) is 11.7. The topological polar surface area (TPSA) is 77.2 Å². The van der Waals surface area contributed by atoms with Crippen LogP contribution in [0.3, 0.4) is 0 Å². The van der Waals surface area contributed by atoms with Crippen LogP contribution in [-0.4, -0.2) is 51.0 Å². The molecule has 1 aliphatic carbocycles. The highest BCUT2D eigenvalue weighted by atomic mass is 19.1. The number of ether oxygens (including phenoxy) is 3. The smallest absolute Gasteiger partial charge is 0.166 e. The number of nitrogens with two attached hydrogens (primary N) is 1. The number of likely N-dealkylation sites (N-methyl/N-ethyl adjacent to an activating group) is 1. The van der Waals surface area contributed by atoms with Crippen molar-refractivity contribution in [3.05, 3.63) is 64.5 Å². The molecule has 3 N–H and O–H groups in total. The van der Waals surface area contributed by atoms with Crippen LogP contribution in [-0.2, 0) is 19.3 Å². The lowest BCUT2D eigenvalue weighted by molar-refractivity contribution is 0.236. The molecule has 0 unspecified atom stereocenters. The normalized spacial score (nSPS) is 12.9. The van der Waals surface area contributed by atoms with Crippen molar-refractivity contribution in [2.75, 3.05) is 46.7 Å². The number of rotatable bonds is 10. The quantitative estimate of drug-likeness (QED) is 0.347. The second-order valence-electron chi connectivity index (χ2n) is 9.54. The molecule has 0 heterocycles. The van der Waals surface area contributed by atoms with E-state index in [0.717, 1.165) is 48.9 Å². The molecule has 198 valence electrons. The Morgan fingerprint density at radius 2 is 1.81 bits per heavy atom. The average molecular weight is 509 g/mol. The summed E-state index contributed by atoms with van der Waals surface area (Å²) >= 11 is 0. The largest absolute Gasteiger partial charge is 0.507 e. The highest BCUT2D eigenvalue weighted by molar-refractivity contribution is 5.88. The van der Waals surface area contributed by atoms with E-state index in [1.54, 1.807) is 26.4 Å². The third-order valence-electron chi connectivity index (χ3n) is 7.24. The van der Waals surface area contributed by atoms with Crippen LogP contribution in [0.25, 0.3) is 11.1 Å². The van der Waals surface area contributed by atoms with Gasteiger partial charge in [-0.05, 0) is 80.2 Å². The molecule has 3 aromatic carbocycles. The minimum absolute atomic E-state index is 0.187. The number of halogens is 1. The predicted octanol–water partition coefficient (Wildman–Crippen LogP) is 5.60. The molecule has 7 heteroatoms. The van der Waals surface area contributed by atoms with Crippen molar-refractivity contribution in [1.82, 2.24) is 4.90 Å². The molecule has 3 aromatic rings. The Hall–Kier alpha value is -3.45. The van der Waals surface area contributed by atoms with Gasteiger partial charge in [0.05, 0.1) is 14.2 Å². The van der Waals surface area contributed by atoms with Crippen molar-refractivity contribution in [3.8, 4) is 34.1 Å². The number of anilines is 1. The van der Waals surface area contributed by atoms with Gasteiger partial charge in [0, 0.05) is 35.3 Å². The van der Waals surface area contributed by atoms with E-state index < -0.39 is 5.82 Å². The van der Waals surface area contributed by atoms with E-state index in [1.807, 2.05) is 25.2 Å². The zero-order valence-electron chi connectivity index (χ0n) is 22.2. The third-order valence-corrected chi connectivity index (χ3v) is 7.24. The minimum Gasteiger partial charge on any atom is -0.507 e. The maximum Gasteiger partial charge on any atom is 0.166 e. The van der Waals surface area contributed by atoms with Crippen LogP contribution in [0.4, 0.5) is 10.1 Å². The minimum atomic E-state index is -0.424. The molecule has 0 spiro atoms. The zero-order chi connectivity index (χ0) is 26.5. The highest BCUT2D eigenvalue weighted by Gasteiger charge is 2.25. The molecule has 37 heavy (non-hydrogen) atoms. The summed E-state index contributed by atoms with van der Waals surface area (Å²) < 4.78 is 31.9. The van der Waals surface area contributed by atoms with E-state index in [0.29, 0.717) is 47.9 Å². The Labute approximate surface area is 218 Å². The molecule has 0 fully saturated rings. The molecule has 6 nitrogen and oxygen atoms in total. The number of benzene rings is 3. The number of nitrogens with zero attached hydrogens (tertiary/aromatic N) is 1. The first-order chi connectivity index (χ1) is 17.9. The molecule has 0 amide bonds. The van der Waals surface area contributed by atoms with Crippen molar-refractivity contribution in [1.29, 1.82) is 0 Å². The monoisotopic (exact) mass is 508 g/mol. The van der Waals surface area contributed by atoms with E-state index >= 15 is 0 Å². The molecule has 0 atom stereocenters. The lowest BCUT2D eigenvalue weighted by atomic mass is 9.84. The molecule has 0 radical (unpaired) electrons. The lowest BCUT2D eigenvalue weighted by Crippen LogP contribution is -2.23. The van der Waals surface area contributed by atoms with Crippen molar-refractivity contribution >= 4 is 5.69 Å².